The Bertz CT molecular complexity index is 154. The molecule has 0 spiro atoms. The lowest BCUT2D eigenvalue weighted by Gasteiger charge is -2.30. The average molecular weight is 182 g/mol. The zero-order valence-corrected chi connectivity index (χ0v) is 8.37. The molecule has 2 heteroatoms. The smallest absolute Gasteiger partial charge is 0.0594 e. The Morgan fingerprint density at radius 1 is 1.23 bits per heavy atom. The maximum absolute atomic E-state index is 5.33. The molecule has 1 aliphatic carbocycles. The van der Waals surface area contributed by atoms with E-state index in [1.807, 2.05) is 0 Å². The van der Waals surface area contributed by atoms with Crippen molar-refractivity contribution in [2.24, 2.45) is 11.8 Å². The monoisotopic (exact) mass is 182 g/mol. The van der Waals surface area contributed by atoms with Crippen molar-refractivity contribution in [3.05, 3.63) is 6.92 Å². The molecule has 0 aromatic carbocycles. The van der Waals surface area contributed by atoms with Gasteiger partial charge in [0.1, 0.15) is 0 Å². The normalized spacial score (nSPS) is 36.7. The Balaban J connectivity index is 1.75. The SMILES string of the molecule is [CH2]C1CCCC1CN1CCOCC1. The molecule has 75 valence electrons. The van der Waals surface area contributed by atoms with Gasteiger partial charge in [0.15, 0.2) is 0 Å². The molecule has 1 aliphatic heterocycles. The Labute approximate surface area is 81.3 Å². The van der Waals surface area contributed by atoms with Crippen molar-refractivity contribution in [3.8, 4) is 0 Å². The summed E-state index contributed by atoms with van der Waals surface area (Å²) in [6.07, 6.45) is 4.13. The van der Waals surface area contributed by atoms with Gasteiger partial charge in [-0.05, 0) is 25.2 Å². The molecule has 0 aromatic rings. The van der Waals surface area contributed by atoms with E-state index in [1.54, 1.807) is 0 Å². The Morgan fingerprint density at radius 3 is 2.62 bits per heavy atom. The van der Waals surface area contributed by atoms with Crippen LogP contribution in [0.3, 0.4) is 0 Å². The van der Waals surface area contributed by atoms with Crippen LogP contribution in [0.15, 0.2) is 0 Å². The molecule has 2 unspecified atom stereocenters. The van der Waals surface area contributed by atoms with Gasteiger partial charge in [0.25, 0.3) is 0 Å². The molecule has 1 saturated carbocycles. The third kappa shape index (κ3) is 2.44. The first kappa shape index (κ1) is 9.47. The summed E-state index contributed by atoms with van der Waals surface area (Å²) in [5, 5.41) is 0. The highest BCUT2D eigenvalue weighted by molar-refractivity contribution is 4.81. The molecule has 2 rings (SSSR count). The summed E-state index contributed by atoms with van der Waals surface area (Å²) < 4.78 is 5.33. The molecular formula is C11H20NO. The molecule has 0 N–H and O–H groups in total. The second kappa shape index (κ2) is 4.43. The van der Waals surface area contributed by atoms with Gasteiger partial charge in [-0.2, -0.15) is 0 Å². The van der Waals surface area contributed by atoms with Gasteiger partial charge in [-0.1, -0.05) is 12.8 Å². The van der Waals surface area contributed by atoms with Crippen LogP contribution in [0, 0.1) is 18.8 Å². The van der Waals surface area contributed by atoms with Gasteiger partial charge in [0, 0.05) is 19.6 Å². The minimum atomic E-state index is 0.711. The molecule has 2 fully saturated rings. The van der Waals surface area contributed by atoms with Crippen LogP contribution in [0.4, 0.5) is 0 Å². The van der Waals surface area contributed by atoms with Crippen LogP contribution in [0.2, 0.25) is 0 Å². The summed E-state index contributed by atoms with van der Waals surface area (Å²) in [5.74, 6) is 1.57. The van der Waals surface area contributed by atoms with E-state index in [4.69, 9.17) is 4.74 Å². The minimum Gasteiger partial charge on any atom is -0.379 e. The average Bonchev–Trinajstić information content (AvgIpc) is 2.54. The zero-order valence-electron chi connectivity index (χ0n) is 8.37. The van der Waals surface area contributed by atoms with E-state index < -0.39 is 0 Å². The molecule has 1 radical (unpaired) electrons. The van der Waals surface area contributed by atoms with Crippen molar-refractivity contribution in [1.29, 1.82) is 0 Å². The van der Waals surface area contributed by atoms with Gasteiger partial charge in [0.05, 0.1) is 13.2 Å². The predicted molar refractivity (Wildman–Crippen MR) is 53.4 cm³/mol. The highest BCUT2D eigenvalue weighted by atomic mass is 16.5. The Kier molecular flexibility index (Phi) is 3.23. The number of hydrogen-bond acceptors (Lipinski definition) is 2. The first-order valence-electron chi connectivity index (χ1n) is 5.49. The number of nitrogens with zero attached hydrogens (tertiary/aromatic N) is 1. The van der Waals surface area contributed by atoms with E-state index in [0.29, 0.717) is 5.92 Å². The molecule has 0 bridgehead atoms. The maximum Gasteiger partial charge on any atom is 0.0594 e. The molecule has 13 heavy (non-hydrogen) atoms. The molecule has 2 aliphatic rings. The van der Waals surface area contributed by atoms with Crippen LogP contribution in [0.1, 0.15) is 19.3 Å². The molecule has 1 saturated heterocycles. The Morgan fingerprint density at radius 2 is 2.00 bits per heavy atom. The quantitative estimate of drug-likeness (QED) is 0.642. The molecule has 0 aromatic heterocycles. The van der Waals surface area contributed by atoms with Gasteiger partial charge in [-0.15, -0.1) is 0 Å². The third-order valence-electron chi connectivity index (χ3n) is 3.41. The first-order chi connectivity index (χ1) is 6.36. The van der Waals surface area contributed by atoms with E-state index in [0.717, 1.165) is 32.2 Å². The fourth-order valence-electron chi connectivity index (χ4n) is 2.47. The molecule has 0 amide bonds. The summed E-state index contributed by atoms with van der Waals surface area (Å²) in [4.78, 5) is 2.54. The fraction of sp³-hybridized carbons (Fsp3) is 0.909. The predicted octanol–water partition coefficient (Wildman–Crippen LogP) is 1.57. The highest BCUT2D eigenvalue weighted by Gasteiger charge is 2.25. The summed E-state index contributed by atoms with van der Waals surface area (Å²) in [6.45, 7) is 9.59. The van der Waals surface area contributed by atoms with E-state index in [-0.39, 0.29) is 0 Å². The summed E-state index contributed by atoms with van der Waals surface area (Å²) in [6, 6.07) is 0. The van der Waals surface area contributed by atoms with Gasteiger partial charge in [-0.3, -0.25) is 4.90 Å². The number of rotatable bonds is 2. The van der Waals surface area contributed by atoms with Crippen LogP contribution >= 0.6 is 0 Å². The fourth-order valence-corrected chi connectivity index (χ4v) is 2.47. The standard InChI is InChI=1S/C11H20NO/c1-10-3-2-4-11(10)9-12-5-7-13-8-6-12/h10-11H,1-9H2. The number of hydrogen-bond donors (Lipinski definition) is 0. The van der Waals surface area contributed by atoms with Crippen LogP contribution in [0.25, 0.3) is 0 Å². The second-order valence-electron chi connectivity index (χ2n) is 4.36. The van der Waals surface area contributed by atoms with Crippen LogP contribution < -0.4 is 0 Å². The summed E-state index contributed by atoms with van der Waals surface area (Å²) in [7, 11) is 0. The lowest BCUT2D eigenvalue weighted by molar-refractivity contribution is 0.0291. The number of morpholine rings is 1. The van der Waals surface area contributed by atoms with Crippen molar-refractivity contribution in [2.75, 3.05) is 32.8 Å². The van der Waals surface area contributed by atoms with E-state index in [1.165, 1.54) is 25.8 Å². The largest absolute Gasteiger partial charge is 0.379 e. The summed E-state index contributed by atoms with van der Waals surface area (Å²) in [5.41, 5.74) is 0. The van der Waals surface area contributed by atoms with E-state index in [2.05, 4.69) is 11.8 Å². The van der Waals surface area contributed by atoms with Crippen molar-refractivity contribution in [1.82, 2.24) is 4.90 Å². The highest BCUT2D eigenvalue weighted by Crippen LogP contribution is 2.31. The maximum atomic E-state index is 5.33. The van der Waals surface area contributed by atoms with Crippen molar-refractivity contribution in [2.45, 2.75) is 19.3 Å². The number of ether oxygens (including phenoxy) is 1. The van der Waals surface area contributed by atoms with Crippen LogP contribution in [-0.4, -0.2) is 37.7 Å². The zero-order chi connectivity index (χ0) is 9.10. The van der Waals surface area contributed by atoms with Gasteiger partial charge in [-0.25, -0.2) is 0 Å². The van der Waals surface area contributed by atoms with E-state index >= 15 is 0 Å². The Hall–Kier alpha value is -0.0800. The molecule has 2 atom stereocenters. The molecule has 1 heterocycles. The van der Waals surface area contributed by atoms with Crippen molar-refractivity contribution in [3.63, 3.8) is 0 Å². The topological polar surface area (TPSA) is 12.5 Å². The lowest BCUT2D eigenvalue weighted by atomic mass is 9.97. The minimum absolute atomic E-state index is 0.711. The third-order valence-corrected chi connectivity index (χ3v) is 3.41. The second-order valence-corrected chi connectivity index (χ2v) is 4.36. The van der Waals surface area contributed by atoms with Crippen molar-refractivity contribution >= 4 is 0 Å². The van der Waals surface area contributed by atoms with Crippen LogP contribution in [0.5, 0.6) is 0 Å². The summed E-state index contributed by atoms with van der Waals surface area (Å²) >= 11 is 0. The van der Waals surface area contributed by atoms with Gasteiger partial charge < -0.3 is 4.74 Å². The first-order valence-corrected chi connectivity index (χ1v) is 5.49. The van der Waals surface area contributed by atoms with Gasteiger partial charge >= 0.3 is 0 Å². The van der Waals surface area contributed by atoms with Crippen LogP contribution in [-0.2, 0) is 4.74 Å². The van der Waals surface area contributed by atoms with Crippen molar-refractivity contribution < 1.29 is 4.74 Å². The molecule has 2 nitrogen and oxygen atoms in total. The van der Waals surface area contributed by atoms with E-state index in [9.17, 15) is 0 Å². The lowest BCUT2D eigenvalue weighted by Crippen LogP contribution is -2.39. The molecular weight excluding hydrogens is 162 g/mol. The van der Waals surface area contributed by atoms with Gasteiger partial charge in [0.2, 0.25) is 0 Å².